The summed E-state index contributed by atoms with van der Waals surface area (Å²) in [6.45, 7) is 17.7. The molecule has 0 fully saturated rings. The van der Waals surface area contributed by atoms with Gasteiger partial charge in [-0.1, -0.05) is 104 Å². The fourth-order valence-corrected chi connectivity index (χ4v) is 10.8. The van der Waals surface area contributed by atoms with Crippen molar-refractivity contribution in [3.8, 4) is 39.9 Å². The Kier molecular flexibility index (Phi) is 10.3. The van der Waals surface area contributed by atoms with Crippen LogP contribution in [0.3, 0.4) is 0 Å². The van der Waals surface area contributed by atoms with Crippen molar-refractivity contribution in [2.24, 2.45) is 0 Å². The number of aryl methyl sites for hydroxylation is 3. The first-order valence-corrected chi connectivity index (χ1v) is 20.5. The number of carbonyl (C=O) groups is 1. The molecule has 1 aliphatic rings. The first-order chi connectivity index (χ1) is 26.8. The number of carbonyl (C=O) groups excluding carboxylic acids is 1. The molecular weight excluding hydrogens is 716 g/mol. The first-order valence-electron chi connectivity index (χ1n) is 18.9. The molecule has 0 spiro atoms. The van der Waals surface area contributed by atoms with Gasteiger partial charge in [0.1, 0.15) is 39.5 Å². The number of rotatable bonds is 11. The first kappa shape index (κ1) is 38.4. The number of ether oxygens (including phenoxy) is 3. The summed E-state index contributed by atoms with van der Waals surface area (Å²) < 4.78 is 42.4. The van der Waals surface area contributed by atoms with Gasteiger partial charge >= 0.3 is 5.97 Å². The summed E-state index contributed by atoms with van der Waals surface area (Å²) in [5.41, 5.74) is 6.96. The van der Waals surface area contributed by atoms with E-state index in [0.29, 0.717) is 39.4 Å². The summed E-state index contributed by atoms with van der Waals surface area (Å²) in [5.74, 6) is 2.46. The van der Waals surface area contributed by atoms with Gasteiger partial charge in [-0.15, -0.1) is 0 Å². The van der Waals surface area contributed by atoms with Crippen LogP contribution in [0.15, 0.2) is 146 Å². The van der Waals surface area contributed by atoms with Gasteiger partial charge in [0.05, 0.1) is 5.30 Å². The maximum atomic E-state index is 16.9. The maximum absolute atomic E-state index is 16.9. The van der Waals surface area contributed by atoms with Crippen LogP contribution >= 0.6 is 7.37 Å². The monoisotopic (exact) mass is 762 g/mol. The molecule has 0 N–H and O–H groups in total. The van der Waals surface area contributed by atoms with Gasteiger partial charge in [0.2, 0.25) is 0 Å². The van der Waals surface area contributed by atoms with E-state index in [-0.39, 0.29) is 11.2 Å². The van der Waals surface area contributed by atoms with Crippen molar-refractivity contribution < 1.29 is 28.1 Å². The van der Waals surface area contributed by atoms with E-state index in [0.717, 1.165) is 40.0 Å². The average Bonchev–Trinajstić information content (AvgIpc) is 3.18. The summed E-state index contributed by atoms with van der Waals surface area (Å²) in [7, 11) is -4.07. The lowest BCUT2D eigenvalue weighted by Gasteiger charge is -2.44. The topological polar surface area (TPSA) is 71.1 Å². The lowest BCUT2D eigenvalue weighted by atomic mass is 9.83. The molecule has 7 heteroatoms. The lowest BCUT2D eigenvalue weighted by Crippen LogP contribution is -2.38. The van der Waals surface area contributed by atoms with Gasteiger partial charge in [-0.2, -0.15) is 0 Å². The molecule has 0 saturated heterocycles. The van der Waals surface area contributed by atoms with Crippen molar-refractivity contribution in [2.45, 2.75) is 65.6 Å². The summed E-state index contributed by atoms with van der Waals surface area (Å²) >= 11 is 0. The SMILES string of the molecule is C=C(C)C(=O)Oc1ccc(C(c2ccc(Oc3c(C)cc(C)cc3C)cc2)(c2ccc(OC(C)(C)CC)cc2)P2(=O)Oc3ccccc3-c3ccccc32)cc1. The molecule has 2 unspecified atom stereocenters. The minimum atomic E-state index is -4.07. The van der Waals surface area contributed by atoms with E-state index >= 15 is 4.57 Å². The highest BCUT2D eigenvalue weighted by Gasteiger charge is 2.58. The second kappa shape index (κ2) is 15.0. The summed E-state index contributed by atoms with van der Waals surface area (Å²) in [6.07, 6.45) is 0.816. The third kappa shape index (κ3) is 6.95. The number of hydrogen-bond acceptors (Lipinski definition) is 6. The van der Waals surface area contributed by atoms with Crippen LogP contribution in [-0.2, 0) is 14.5 Å². The van der Waals surface area contributed by atoms with Gasteiger partial charge in [0.25, 0.3) is 7.37 Å². The normalized spacial score (nSPS) is 15.7. The van der Waals surface area contributed by atoms with E-state index in [1.807, 2.05) is 123 Å². The molecule has 2 atom stereocenters. The summed E-state index contributed by atoms with van der Waals surface area (Å²) in [6, 6.07) is 42.5. The van der Waals surface area contributed by atoms with Gasteiger partial charge in [0.15, 0.2) is 0 Å². The number of hydrogen-bond donors (Lipinski definition) is 0. The molecule has 56 heavy (non-hydrogen) atoms. The Morgan fingerprint density at radius 3 is 1.75 bits per heavy atom. The van der Waals surface area contributed by atoms with E-state index in [1.165, 1.54) is 5.56 Å². The lowest BCUT2D eigenvalue weighted by molar-refractivity contribution is -0.130. The van der Waals surface area contributed by atoms with Crippen LogP contribution < -0.4 is 24.0 Å². The number of benzene rings is 6. The van der Waals surface area contributed by atoms with Crippen LogP contribution in [0.4, 0.5) is 0 Å². The maximum Gasteiger partial charge on any atom is 0.338 e. The largest absolute Gasteiger partial charge is 0.488 e. The Morgan fingerprint density at radius 1 is 0.696 bits per heavy atom. The third-order valence-electron chi connectivity index (χ3n) is 10.5. The van der Waals surface area contributed by atoms with Crippen LogP contribution in [0.1, 0.15) is 67.5 Å². The molecule has 0 aliphatic carbocycles. The fraction of sp³-hybridized carbons (Fsp3) is 0.204. The average molecular weight is 763 g/mol. The molecule has 7 rings (SSSR count). The molecule has 6 aromatic rings. The Labute approximate surface area is 330 Å². The Morgan fingerprint density at radius 2 is 1.20 bits per heavy atom. The number of fused-ring (bicyclic) bond motifs is 3. The molecule has 0 saturated carbocycles. The minimum absolute atomic E-state index is 0.283. The van der Waals surface area contributed by atoms with Crippen LogP contribution in [0.2, 0.25) is 0 Å². The second-order valence-electron chi connectivity index (χ2n) is 15.2. The molecule has 284 valence electrons. The zero-order chi connectivity index (χ0) is 39.8. The highest BCUT2D eigenvalue weighted by Crippen LogP contribution is 2.71. The molecule has 1 heterocycles. The van der Waals surface area contributed by atoms with Gasteiger partial charge in [-0.05, 0) is 130 Å². The number of para-hydroxylation sites is 1. The standard InChI is InChI=1S/C49H47O6P/c1-9-48(7,8)54-41-28-22-38(23-29-41)49(37-20-26-40(27-21-37)53-47(50)32(2)3,36-18-24-39(25-19-36)52-46-34(5)30-33(4)31-35(46)6)56(51)45-17-13-11-15-43(45)42-14-10-12-16-44(42)55-56/h10-31H,2,9H2,1,3-8H3. The van der Waals surface area contributed by atoms with Gasteiger partial charge in [-0.3, -0.25) is 4.57 Å². The summed E-state index contributed by atoms with van der Waals surface area (Å²) in [4.78, 5) is 12.6. The van der Waals surface area contributed by atoms with Crippen molar-refractivity contribution in [2.75, 3.05) is 0 Å². The highest BCUT2D eigenvalue weighted by molar-refractivity contribution is 7.69. The van der Waals surface area contributed by atoms with E-state index in [1.54, 1.807) is 19.1 Å². The predicted molar refractivity (Wildman–Crippen MR) is 225 cm³/mol. The van der Waals surface area contributed by atoms with E-state index in [9.17, 15) is 4.79 Å². The van der Waals surface area contributed by atoms with Crippen molar-refractivity contribution in [3.05, 3.63) is 179 Å². The third-order valence-corrected chi connectivity index (χ3v) is 13.6. The van der Waals surface area contributed by atoms with Crippen molar-refractivity contribution in [1.82, 2.24) is 0 Å². The second-order valence-corrected chi connectivity index (χ2v) is 17.6. The van der Waals surface area contributed by atoms with Crippen molar-refractivity contribution >= 4 is 18.6 Å². The highest BCUT2D eigenvalue weighted by atomic mass is 31.2. The smallest absolute Gasteiger partial charge is 0.338 e. The quantitative estimate of drug-likeness (QED) is 0.0430. The number of esters is 1. The molecule has 1 aliphatic heterocycles. The molecule has 0 radical (unpaired) electrons. The zero-order valence-corrected chi connectivity index (χ0v) is 33.9. The molecule has 6 aromatic carbocycles. The summed E-state index contributed by atoms with van der Waals surface area (Å²) in [5, 5.41) is -0.837. The van der Waals surface area contributed by atoms with Crippen LogP contribution in [0.25, 0.3) is 11.1 Å². The zero-order valence-electron chi connectivity index (χ0n) is 33.0. The van der Waals surface area contributed by atoms with Gasteiger partial charge < -0.3 is 18.7 Å². The van der Waals surface area contributed by atoms with Crippen LogP contribution in [0.5, 0.6) is 28.7 Å². The van der Waals surface area contributed by atoms with Crippen LogP contribution in [0, 0.1) is 20.8 Å². The Balaban J connectivity index is 1.50. The van der Waals surface area contributed by atoms with E-state index < -0.39 is 18.5 Å². The van der Waals surface area contributed by atoms with Crippen molar-refractivity contribution in [1.29, 1.82) is 0 Å². The fourth-order valence-electron chi connectivity index (χ4n) is 7.50. The Hall–Kier alpha value is -5.84. The van der Waals surface area contributed by atoms with Crippen LogP contribution in [-0.4, -0.2) is 11.6 Å². The minimum Gasteiger partial charge on any atom is -0.488 e. The molecule has 6 nitrogen and oxygen atoms in total. The van der Waals surface area contributed by atoms with Gasteiger partial charge in [0, 0.05) is 11.1 Å². The Bertz CT molecular complexity index is 2460. The molecule has 0 aromatic heterocycles. The van der Waals surface area contributed by atoms with Gasteiger partial charge in [-0.25, -0.2) is 4.79 Å². The molecule has 0 bridgehead atoms. The van der Waals surface area contributed by atoms with Crippen molar-refractivity contribution in [3.63, 3.8) is 0 Å². The molecule has 0 amide bonds. The molecular formula is C49H47O6P. The predicted octanol–water partition coefficient (Wildman–Crippen LogP) is 12.4. The van der Waals surface area contributed by atoms with E-state index in [4.69, 9.17) is 18.7 Å². The van der Waals surface area contributed by atoms with E-state index in [2.05, 4.69) is 46.4 Å².